The summed E-state index contributed by atoms with van der Waals surface area (Å²) in [5.41, 5.74) is 0. The molecule has 0 unspecified atom stereocenters. The summed E-state index contributed by atoms with van der Waals surface area (Å²) in [4.78, 5) is 10.2. The Hall–Kier alpha value is -0.540. The van der Waals surface area contributed by atoms with Gasteiger partial charge >= 0.3 is 5.97 Å². The third-order valence-corrected chi connectivity index (χ3v) is 0.863. The number of ether oxygens (including phenoxy) is 1. The number of halogens is 1. The van der Waals surface area contributed by atoms with Crippen LogP contribution in [-0.4, -0.2) is 17.7 Å². The zero-order chi connectivity index (χ0) is 7.28. The van der Waals surface area contributed by atoms with Crippen molar-refractivity contribution in [3.05, 3.63) is 11.3 Å². The monoisotopic (exact) mass is 150 g/mol. The lowest BCUT2D eigenvalue weighted by Gasteiger charge is -1.96. The zero-order valence-corrected chi connectivity index (χ0v) is 5.68. The molecule has 1 N–H and O–H groups in total. The van der Waals surface area contributed by atoms with Gasteiger partial charge in [-0.05, 0) is 24.6 Å². The predicted octanol–water partition coefficient (Wildman–Crippen LogP) is 0.622. The van der Waals surface area contributed by atoms with Gasteiger partial charge in [-0.1, -0.05) is 0 Å². The largest absolute Gasteiger partial charge is 0.413 e. The van der Waals surface area contributed by atoms with Crippen LogP contribution in [0.2, 0.25) is 0 Å². The van der Waals surface area contributed by atoms with E-state index in [-0.39, 0.29) is 5.22 Å². The Kier molecular flexibility index (Phi) is 4.09. The molecule has 0 aromatic carbocycles. The van der Waals surface area contributed by atoms with Crippen LogP contribution in [0.1, 0.15) is 6.92 Å². The Morgan fingerprint density at radius 2 is 2.44 bits per heavy atom. The van der Waals surface area contributed by atoms with Crippen molar-refractivity contribution in [2.75, 3.05) is 6.61 Å². The van der Waals surface area contributed by atoms with Gasteiger partial charge in [-0.3, -0.25) is 0 Å². The number of carbonyl (C=O) groups is 1. The summed E-state index contributed by atoms with van der Waals surface area (Å²) in [6.45, 7) is 0.969. The molecule has 0 bridgehead atoms. The second-order valence-corrected chi connectivity index (χ2v) is 1.60. The quantitative estimate of drug-likeness (QED) is 0.464. The highest BCUT2D eigenvalue weighted by Crippen LogP contribution is 2.01. The van der Waals surface area contributed by atoms with Crippen LogP contribution < -0.4 is 0 Å². The molecule has 0 aliphatic heterocycles. The zero-order valence-electron chi connectivity index (χ0n) is 4.93. The smallest absolute Gasteiger partial charge is 0.338 e. The van der Waals surface area contributed by atoms with Crippen molar-refractivity contribution in [1.29, 1.82) is 0 Å². The molecule has 52 valence electrons. The highest BCUT2D eigenvalue weighted by Gasteiger charge is 1.99. The molecule has 0 aromatic heterocycles. The predicted molar refractivity (Wildman–Crippen MR) is 32.8 cm³/mol. The Balaban J connectivity index is 3.60. The fourth-order valence-electron chi connectivity index (χ4n) is 0.200. The van der Waals surface area contributed by atoms with Crippen molar-refractivity contribution in [2.24, 2.45) is 0 Å². The molecule has 9 heavy (non-hydrogen) atoms. The summed E-state index contributed by atoms with van der Waals surface area (Å²) in [6, 6.07) is 0. The fourth-order valence-corrected chi connectivity index (χ4v) is 0.286. The van der Waals surface area contributed by atoms with E-state index in [2.05, 4.69) is 4.74 Å². The number of rotatable bonds is 2. The minimum absolute atomic E-state index is 0.0194. The van der Waals surface area contributed by atoms with Crippen LogP contribution in [0.4, 0.5) is 0 Å². The molecular weight excluding hydrogens is 144 g/mol. The Bertz CT molecular complexity index is 130. The van der Waals surface area contributed by atoms with E-state index < -0.39 is 12.6 Å². The van der Waals surface area contributed by atoms with Crippen molar-refractivity contribution in [1.82, 2.24) is 0 Å². The van der Waals surface area contributed by atoms with E-state index in [9.17, 15) is 4.79 Å². The first-order chi connectivity index (χ1) is 4.20. The first-order valence-electron chi connectivity index (χ1n) is 2.34. The fraction of sp³-hybridized carbons (Fsp3) is 0.400. The van der Waals surface area contributed by atoms with Crippen LogP contribution in [0.25, 0.3) is 0 Å². The van der Waals surface area contributed by atoms with Gasteiger partial charge in [0.15, 0.2) is 5.22 Å². The van der Waals surface area contributed by atoms with Gasteiger partial charge in [0.25, 0.3) is 0 Å². The number of hydrogen-bond donors (Lipinski definition) is 1. The Morgan fingerprint density at radius 3 is 2.78 bits per heavy atom. The molecule has 3 nitrogen and oxygen atoms in total. The summed E-state index contributed by atoms with van der Waals surface area (Å²) < 4.78 is 4.29. The maximum atomic E-state index is 10.2. The molecule has 0 radical (unpaired) electrons. The molecule has 0 spiro atoms. The summed E-state index contributed by atoms with van der Waals surface area (Å²) in [5.74, 6) is -0.752. The molecule has 0 saturated carbocycles. The molecule has 0 atom stereocenters. The molecule has 0 fully saturated rings. The average molecular weight is 151 g/mol. The normalized spacial score (nSPS) is 11.2. The molecule has 0 aliphatic carbocycles. The van der Waals surface area contributed by atoms with E-state index >= 15 is 0 Å². The third-order valence-electron chi connectivity index (χ3n) is 0.567. The van der Waals surface area contributed by atoms with Gasteiger partial charge in [0, 0.05) is 0 Å². The van der Waals surface area contributed by atoms with Crippen molar-refractivity contribution in [3.63, 3.8) is 0 Å². The van der Waals surface area contributed by atoms with Crippen LogP contribution in [-0.2, 0) is 9.53 Å². The molecule has 0 aromatic rings. The summed E-state index contributed by atoms with van der Waals surface area (Å²) in [7, 11) is 0. The average Bonchev–Trinajstić information content (AvgIpc) is 1.87. The van der Waals surface area contributed by atoms with Crippen molar-refractivity contribution < 1.29 is 14.6 Å². The molecular formula is C5H7ClO3. The van der Waals surface area contributed by atoms with E-state index in [1.165, 1.54) is 6.08 Å². The lowest BCUT2D eigenvalue weighted by molar-refractivity contribution is -0.141. The van der Waals surface area contributed by atoms with Gasteiger partial charge in [0.1, 0.15) is 6.61 Å². The lowest BCUT2D eigenvalue weighted by Crippen LogP contribution is -2.06. The Morgan fingerprint density at radius 1 is 1.89 bits per heavy atom. The first-order valence-corrected chi connectivity index (χ1v) is 2.72. The van der Waals surface area contributed by atoms with Crippen LogP contribution in [0, 0.1) is 0 Å². The second-order valence-electron chi connectivity index (χ2n) is 1.22. The minimum atomic E-state index is -0.752. The van der Waals surface area contributed by atoms with Gasteiger partial charge in [-0.15, -0.1) is 0 Å². The molecule has 0 saturated heterocycles. The van der Waals surface area contributed by atoms with Gasteiger partial charge in [0.05, 0.1) is 0 Å². The second kappa shape index (κ2) is 4.35. The molecule has 0 heterocycles. The summed E-state index contributed by atoms with van der Waals surface area (Å²) >= 11 is 5.25. The standard InChI is InChI=1S/C5H7ClO3/c1-2-4(6)9-5(8)3-7/h2,7H,3H2,1H3. The maximum absolute atomic E-state index is 10.2. The van der Waals surface area contributed by atoms with Crippen LogP contribution >= 0.6 is 11.6 Å². The SMILES string of the molecule is CC=C(Cl)OC(=O)CO. The summed E-state index contributed by atoms with van der Waals surface area (Å²) in [5, 5.41) is 8.10. The molecule has 0 aliphatic rings. The van der Waals surface area contributed by atoms with Crippen LogP contribution in [0.15, 0.2) is 11.3 Å². The minimum Gasteiger partial charge on any atom is -0.413 e. The molecule has 4 heteroatoms. The van der Waals surface area contributed by atoms with Crippen molar-refractivity contribution >= 4 is 17.6 Å². The van der Waals surface area contributed by atoms with E-state index in [0.29, 0.717) is 0 Å². The van der Waals surface area contributed by atoms with Gasteiger partial charge < -0.3 is 9.84 Å². The third kappa shape index (κ3) is 4.00. The van der Waals surface area contributed by atoms with E-state index in [1.54, 1.807) is 6.92 Å². The highest BCUT2D eigenvalue weighted by atomic mass is 35.5. The maximum Gasteiger partial charge on any atom is 0.338 e. The molecule has 0 amide bonds. The van der Waals surface area contributed by atoms with E-state index in [0.717, 1.165) is 0 Å². The van der Waals surface area contributed by atoms with E-state index in [4.69, 9.17) is 16.7 Å². The van der Waals surface area contributed by atoms with Gasteiger partial charge in [0.2, 0.25) is 0 Å². The lowest BCUT2D eigenvalue weighted by atomic mass is 10.7. The number of esters is 1. The van der Waals surface area contributed by atoms with Gasteiger partial charge in [-0.25, -0.2) is 4.79 Å². The topological polar surface area (TPSA) is 46.5 Å². The highest BCUT2D eigenvalue weighted by molar-refractivity contribution is 6.28. The van der Waals surface area contributed by atoms with Crippen LogP contribution in [0.3, 0.4) is 0 Å². The Labute approximate surface area is 57.9 Å². The van der Waals surface area contributed by atoms with E-state index in [1.807, 2.05) is 0 Å². The first kappa shape index (κ1) is 8.46. The number of allylic oxidation sites excluding steroid dienone is 1. The number of aliphatic hydroxyl groups excluding tert-OH is 1. The van der Waals surface area contributed by atoms with Gasteiger partial charge in [-0.2, -0.15) is 0 Å². The van der Waals surface area contributed by atoms with Crippen molar-refractivity contribution in [2.45, 2.75) is 6.92 Å². The van der Waals surface area contributed by atoms with Crippen LogP contribution in [0.5, 0.6) is 0 Å². The summed E-state index contributed by atoms with van der Waals surface area (Å²) in [6.07, 6.45) is 1.41. The van der Waals surface area contributed by atoms with Crippen molar-refractivity contribution in [3.8, 4) is 0 Å². The number of hydrogen-bond acceptors (Lipinski definition) is 3. The number of aliphatic hydroxyl groups is 1. The number of carbonyl (C=O) groups excluding carboxylic acids is 1. The molecule has 0 rings (SSSR count).